The van der Waals surface area contributed by atoms with Crippen molar-refractivity contribution in [3.8, 4) is 0 Å². The van der Waals surface area contributed by atoms with Gasteiger partial charge in [-0.25, -0.2) is 8.78 Å². The third-order valence-corrected chi connectivity index (χ3v) is 5.14. The molecule has 0 bridgehead atoms. The Hall–Kier alpha value is -2.64. The topological polar surface area (TPSA) is 92.4 Å². The SMILES string of the molecule is C[C@H](NC(=O)Cc1cc(F)cc(F)c1)C(=O)C1(N)c2ccccc2CCC1O. The minimum atomic E-state index is -1.63. The summed E-state index contributed by atoms with van der Waals surface area (Å²) in [5.74, 6) is -2.66. The van der Waals surface area contributed by atoms with Crippen LogP contribution < -0.4 is 11.1 Å². The average molecular weight is 388 g/mol. The molecule has 0 saturated carbocycles. The predicted molar refractivity (Wildman–Crippen MR) is 99.3 cm³/mol. The lowest BCUT2D eigenvalue weighted by Gasteiger charge is -2.40. The molecule has 3 rings (SSSR count). The van der Waals surface area contributed by atoms with Gasteiger partial charge in [-0.3, -0.25) is 9.59 Å². The molecule has 0 radical (unpaired) electrons. The molecular weight excluding hydrogens is 366 g/mol. The molecule has 1 amide bonds. The number of fused-ring (bicyclic) bond motifs is 1. The number of Topliss-reactive ketones (excluding diaryl/α,β-unsaturated/α-hetero) is 1. The molecule has 0 aromatic heterocycles. The zero-order valence-electron chi connectivity index (χ0n) is 15.4. The Bertz CT molecular complexity index is 898. The highest BCUT2D eigenvalue weighted by atomic mass is 19.1. The highest BCUT2D eigenvalue weighted by molar-refractivity contribution is 5.97. The van der Waals surface area contributed by atoms with Crippen LogP contribution in [0.15, 0.2) is 42.5 Å². The zero-order valence-corrected chi connectivity index (χ0v) is 15.4. The fraction of sp³-hybridized carbons (Fsp3) is 0.333. The smallest absolute Gasteiger partial charge is 0.224 e. The summed E-state index contributed by atoms with van der Waals surface area (Å²) in [4.78, 5) is 25.3. The second-order valence-corrected chi connectivity index (χ2v) is 7.19. The van der Waals surface area contributed by atoms with Crippen LogP contribution in [0.25, 0.3) is 0 Å². The largest absolute Gasteiger partial charge is 0.390 e. The number of carbonyl (C=O) groups is 2. The van der Waals surface area contributed by atoms with E-state index in [-0.39, 0.29) is 12.0 Å². The van der Waals surface area contributed by atoms with Crippen molar-refractivity contribution < 1.29 is 23.5 Å². The van der Waals surface area contributed by atoms with E-state index in [0.717, 1.165) is 17.7 Å². The number of ketones is 1. The van der Waals surface area contributed by atoms with Gasteiger partial charge in [-0.15, -0.1) is 0 Å². The van der Waals surface area contributed by atoms with Gasteiger partial charge in [0.25, 0.3) is 0 Å². The molecule has 0 fully saturated rings. The number of hydrogen-bond donors (Lipinski definition) is 3. The third kappa shape index (κ3) is 3.81. The molecule has 0 spiro atoms. The predicted octanol–water partition coefficient (Wildman–Crippen LogP) is 1.74. The number of benzene rings is 2. The van der Waals surface area contributed by atoms with Gasteiger partial charge in [-0.05, 0) is 48.6 Å². The molecule has 28 heavy (non-hydrogen) atoms. The fourth-order valence-electron chi connectivity index (χ4n) is 3.75. The maximum Gasteiger partial charge on any atom is 0.224 e. The summed E-state index contributed by atoms with van der Waals surface area (Å²) in [6, 6.07) is 8.99. The fourth-order valence-corrected chi connectivity index (χ4v) is 3.75. The summed E-state index contributed by atoms with van der Waals surface area (Å²) in [5.41, 5.74) is 6.33. The highest BCUT2D eigenvalue weighted by Crippen LogP contribution is 2.35. The highest BCUT2D eigenvalue weighted by Gasteiger charge is 2.48. The first-order valence-corrected chi connectivity index (χ1v) is 9.05. The molecule has 2 unspecified atom stereocenters. The van der Waals surface area contributed by atoms with E-state index >= 15 is 0 Å². The number of halogens is 2. The van der Waals surface area contributed by atoms with Crippen LogP contribution in [-0.2, 0) is 28.0 Å². The molecule has 1 aliphatic carbocycles. The van der Waals surface area contributed by atoms with Crippen LogP contribution in [0.4, 0.5) is 8.78 Å². The summed E-state index contributed by atoms with van der Waals surface area (Å²) in [7, 11) is 0. The standard InChI is InChI=1S/C21H22F2N2O3/c1-12(25-19(27)10-13-8-15(22)11-16(23)9-13)20(28)21(24)17-5-3-2-4-14(17)6-7-18(21)26/h2-5,8-9,11-12,18,26H,6-7,10,24H2,1H3,(H,25,27)/t12-,18?,21?/m0/s1. The summed E-state index contributed by atoms with van der Waals surface area (Å²) in [6.07, 6.45) is -0.424. The molecule has 0 aliphatic heterocycles. The minimum absolute atomic E-state index is 0.153. The first kappa shape index (κ1) is 20.1. The monoisotopic (exact) mass is 388 g/mol. The van der Waals surface area contributed by atoms with Gasteiger partial charge < -0.3 is 16.2 Å². The van der Waals surface area contributed by atoms with Crippen molar-refractivity contribution in [2.45, 2.75) is 43.9 Å². The molecular formula is C21H22F2N2O3. The van der Waals surface area contributed by atoms with E-state index in [2.05, 4.69) is 5.32 Å². The summed E-state index contributed by atoms with van der Waals surface area (Å²) >= 11 is 0. The van der Waals surface area contributed by atoms with Crippen LogP contribution in [0.3, 0.4) is 0 Å². The van der Waals surface area contributed by atoms with Crippen molar-refractivity contribution in [3.05, 3.63) is 70.8 Å². The van der Waals surface area contributed by atoms with Crippen molar-refractivity contribution in [2.24, 2.45) is 5.73 Å². The lowest BCUT2D eigenvalue weighted by molar-refractivity contribution is -0.134. The van der Waals surface area contributed by atoms with Crippen LogP contribution in [0.5, 0.6) is 0 Å². The van der Waals surface area contributed by atoms with E-state index < -0.39 is 41.0 Å². The van der Waals surface area contributed by atoms with Crippen LogP contribution in [-0.4, -0.2) is 28.9 Å². The quantitative estimate of drug-likeness (QED) is 0.728. The van der Waals surface area contributed by atoms with Gasteiger partial charge in [0.1, 0.15) is 17.2 Å². The number of rotatable bonds is 5. The molecule has 5 nitrogen and oxygen atoms in total. The summed E-state index contributed by atoms with van der Waals surface area (Å²) < 4.78 is 26.6. The van der Waals surface area contributed by atoms with Crippen molar-refractivity contribution in [2.75, 3.05) is 0 Å². The van der Waals surface area contributed by atoms with Crippen LogP contribution >= 0.6 is 0 Å². The average Bonchev–Trinajstić information content (AvgIpc) is 2.63. The normalized spacial score (nSPS) is 22.2. The van der Waals surface area contributed by atoms with Crippen molar-refractivity contribution in [3.63, 3.8) is 0 Å². The second-order valence-electron chi connectivity index (χ2n) is 7.19. The van der Waals surface area contributed by atoms with E-state index in [0.29, 0.717) is 24.5 Å². The molecule has 7 heteroatoms. The number of nitrogens with two attached hydrogens (primary N) is 1. The van der Waals surface area contributed by atoms with Gasteiger partial charge in [-0.1, -0.05) is 24.3 Å². The summed E-state index contributed by atoms with van der Waals surface area (Å²) in [5, 5.41) is 13.0. The lowest BCUT2D eigenvalue weighted by atomic mass is 9.71. The third-order valence-electron chi connectivity index (χ3n) is 5.14. The number of carbonyl (C=O) groups excluding carboxylic acids is 2. The van der Waals surface area contributed by atoms with E-state index in [9.17, 15) is 23.5 Å². The first-order valence-electron chi connectivity index (χ1n) is 9.05. The Kier molecular flexibility index (Phi) is 5.58. The summed E-state index contributed by atoms with van der Waals surface area (Å²) in [6.45, 7) is 1.48. The van der Waals surface area contributed by atoms with Crippen LogP contribution in [0, 0.1) is 11.6 Å². The molecule has 4 N–H and O–H groups in total. The Morgan fingerprint density at radius 1 is 1.25 bits per heavy atom. The van der Waals surface area contributed by atoms with Crippen molar-refractivity contribution in [1.82, 2.24) is 5.32 Å². The van der Waals surface area contributed by atoms with E-state index in [1.807, 2.05) is 12.1 Å². The number of aliphatic hydroxyl groups is 1. The number of hydrogen-bond acceptors (Lipinski definition) is 4. The Morgan fingerprint density at radius 2 is 1.89 bits per heavy atom. The second kappa shape index (κ2) is 7.77. The number of amides is 1. The molecule has 3 atom stereocenters. The van der Waals surface area contributed by atoms with E-state index in [1.165, 1.54) is 6.92 Å². The molecule has 0 saturated heterocycles. The number of aryl methyl sites for hydroxylation is 1. The lowest BCUT2D eigenvalue weighted by Crippen LogP contribution is -2.61. The molecule has 0 heterocycles. The Labute approximate surface area is 161 Å². The van der Waals surface area contributed by atoms with Gasteiger partial charge in [0, 0.05) is 6.07 Å². The minimum Gasteiger partial charge on any atom is -0.390 e. The van der Waals surface area contributed by atoms with Crippen molar-refractivity contribution >= 4 is 11.7 Å². The van der Waals surface area contributed by atoms with Gasteiger partial charge in [0.2, 0.25) is 5.91 Å². The van der Waals surface area contributed by atoms with Gasteiger partial charge in [-0.2, -0.15) is 0 Å². The zero-order chi connectivity index (χ0) is 20.5. The van der Waals surface area contributed by atoms with Crippen LogP contribution in [0.1, 0.15) is 30.0 Å². The molecule has 2 aromatic rings. The van der Waals surface area contributed by atoms with Crippen LogP contribution in [0.2, 0.25) is 0 Å². The molecule has 1 aliphatic rings. The number of aliphatic hydroxyl groups excluding tert-OH is 1. The van der Waals surface area contributed by atoms with Gasteiger partial charge >= 0.3 is 0 Å². The van der Waals surface area contributed by atoms with E-state index in [1.54, 1.807) is 12.1 Å². The van der Waals surface area contributed by atoms with Gasteiger partial charge in [0.15, 0.2) is 5.78 Å². The maximum atomic E-state index is 13.3. The Morgan fingerprint density at radius 3 is 2.57 bits per heavy atom. The van der Waals surface area contributed by atoms with E-state index in [4.69, 9.17) is 5.73 Å². The maximum absolute atomic E-state index is 13.3. The molecule has 2 aromatic carbocycles. The van der Waals surface area contributed by atoms with Gasteiger partial charge in [0.05, 0.1) is 18.6 Å². The van der Waals surface area contributed by atoms with Crippen molar-refractivity contribution in [1.29, 1.82) is 0 Å². The Balaban J connectivity index is 1.76. The number of nitrogens with one attached hydrogen (secondary N) is 1. The first-order chi connectivity index (χ1) is 13.2. The molecule has 148 valence electrons.